The summed E-state index contributed by atoms with van der Waals surface area (Å²) in [6.07, 6.45) is 4.05. The van der Waals surface area contributed by atoms with Crippen LogP contribution in [0.2, 0.25) is 5.02 Å². The molecule has 2 heterocycles. The van der Waals surface area contributed by atoms with Gasteiger partial charge in [-0.2, -0.15) is 0 Å². The van der Waals surface area contributed by atoms with Gasteiger partial charge in [0.05, 0.1) is 6.61 Å². The van der Waals surface area contributed by atoms with Crippen LogP contribution in [0.5, 0.6) is 5.75 Å². The largest absolute Gasteiger partial charge is 0.493 e. The number of aromatic nitrogens is 2. The summed E-state index contributed by atoms with van der Waals surface area (Å²) in [5.74, 6) is -0.670. The normalized spacial score (nSPS) is 12.7. The maximum atomic E-state index is 12.0. The van der Waals surface area contributed by atoms with E-state index in [-0.39, 0.29) is 18.7 Å². The molecule has 3 aromatic rings. The van der Waals surface area contributed by atoms with E-state index in [2.05, 4.69) is 15.3 Å². The quantitative estimate of drug-likeness (QED) is 0.239. The molecule has 0 aliphatic rings. The van der Waals surface area contributed by atoms with Gasteiger partial charge in [-0.3, -0.25) is 4.99 Å². The van der Waals surface area contributed by atoms with Crippen LogP contribution in [-0.4, -0.2) is 58.1 Å². The van der Waals surface area contributed by atoms with Crippen LogP contribution in [0.25, 0.3) is 16.8 Å². The predicted octanol–water partition coefficient (Wildman–Crippen LogP) is 4.88. The highest BCUT2D eigenvalue weighted by molar-refractivity contribution is 6.30. The first-order valence-electron chi connectivity index (χ1n) is 12.4. The van der Waals surface area contributed by atoms with Gasteiger partial charge in [-0.05, 0) is 58.0 Å². The Morgan fingerprint density at radius 1 is 1.23 bits per heavy atom. The number of rotatable bonds is 10. The summed E-state index contributed by atoms with van der Waals surface area (Å²) >= 11 is 6.27. The summed E-state index contributed by atoms with van der Waals surface area (Å²) in [5.41, 5.74) is 9.23. The first kappa shape index (κ1) is 29.5. The van der Waals surface area contributed by atoms with Crippen molar-refractivity contribution in [2.24, 2.45) is 10.7 Å². The van der Waals surface area contributed by atoms with Crippen molar-refractivity contribution < 1.29 is 24.2 Å². The Hall–Kier alpha value is -4.05. The van der Waals surface area contributed by atoms with Gasteiger partial charge in [-0.15, -0.1) is 0 Å². The van der Waals surface area contributed by atoms with E-state index in [9.17, 15) is 14.7 Å². The molecule has 1 aromatic carbocycles. The molecule has 39 heavy (non-hydrogen) atoms. The van der Waals surface area contributed by atoms with Crippen LogP contribution in [-0.2, 0) is 16.0 Å². The van der Waals surface area contributed by atoms with Gasteiger partial charge in [0.1, 0.15) is 22.7 Å². The third kappa shape index (κ3) is 7.97. The molecule has 11 heteroatoms. The van der Waals surface area contributed by atoms with Crippen molar-refractivity contribution in [2.45, 2.75) is 46.1 Å². The lowest BCUT2D eigenvalue weighted by atomic mass is 10.1. The summed E-state index contributed by atoms with van der Waals surface area (Å²) in [4.78, 5) is 31.9. The number of hydrogen-bond acceptors (Lipinski definition) is 7. The first-order valence-corrected chi connectivity index (χ1v) is 12.8. The number of benzene rings is 1. The predicted molar refractivity (Wildman–Crippen MR) is 152 cm³/mol. The summed E-state index contributed by atoms with van der Waals surface area (Å²) < 4.78 is 13.3. The highest BCUT2D eigenvalue weighted by atomic mass is 35.5. The molecule has 1 amide bonds. The molecule has 0 fully saturated rings. The van der Waals surface area contributed by atoms with Gasteiger partial charge >= 0.3 is 12.1 Å². The van der Waals surface area contributed by atoms with Crippen molar-refractivity contribution >= 4 is 35.0 Å². The number of alkyl carbamates (subject to hydrolysis) is 1. The van der Waals surface area contributed by atoms with E-state index in [1.54, 1.807) is 32.3 Å². The number of aliphatic imine (C=N–C) groups is 1. The molecule has 0 unspecified atom stereocenters. The standard InChI is InChI=1S/C28H34ClN5O5/c1-17(31-5)21(25(30)26(35)36)11-13-38-23-14-19(29)7-8-22(23)18-6-9-24-33-15-20(34(24)16-18)10-12-32-27(37)39-28(2,3)4/h6-9,14-16H,10-13,30H2,1-5H3,(H,32,37)(H,35,36). The zero-order chi connectivity index (χ0) is 28.7. The summed E-state index contributed by atoms with van der Waals surface area (Å²) in [6, 6.07) is 9.18. The molecule has 0 radical (unpaired) electrons. The molecule has 0 aliphatic carbocycles. The number of pyridine rings is 1. The molecule has 10 nitrogen and oxygen atoms in total. The number of fused-ring (bicyclic) bond motifs is 1. The average Bonchev–Trinajstić information content (AvgIpc) is 3.27. The molecule has 0 atom stereocenters. The highest BCUT2D eigenvalue weighted by Gasteiger charge is 2.17. The van der Waals surface area contributed by atoms with E-state index >= 15 is 0 Å². The Balaban J connectivity index is 1.81. The molecule has 2 aromatic heterocycles. The highest BCUT2D eigenvalue weighted by Crippen LogP contribution is 2.33. The van der Waals surface area contributed by atoms with Crippen LogP contribution in [0.15, 0.2) is 59.0 Å². The van der Waals surface area contributed by atoms with Gasteiger partial charge in [0.25, 0.3) is 0 Å². The lowest BCUT2D eigenvalue weighted by molar-refractivity contribution is -0.132. The SMILES string of the molecule is CN=C(C)C(CCOc1cc(Cl)ccc1-c1ccc2ncc(CCNC(=O)OC(C)(C)C)n2c1)=C(N)C(=O)O. The first-order chi connectivity index (χ1) is 18.4. The van der Waals surface area contributed by atoms with Crippen LogP contribution in [0, 0.1) is 0 Å². The zero-order valence-electron chi connectivity index (χ0n) is 22.7. The van der Waals surface area contributed by atoms with Crippen molar-refractivity contribution in [1.82, 2.24) is 14.7 Å². The lowest BCUT2D eigenvalue weighted by Crippen LogP contribution is -2.33. The molecule has 0 aliphatic heterocycles. The van der Waals surface area contributed by atoms with Crippen molar-refractivity contribution in [2.75, 3.05) is 20.2 Å². The van der Waals surface area contributed by atoms with Crippen LogP contribution in [0.1, 0.15) is 39.8 Å². The minimum atomic E-state index is -1.21. The third-order valence-electron chi connectivity index (χ3n) is 5.82. The zero-order valence-corrected chi connectivity index (χ0v) is 23.5. The topological polar surface area (TPSA) is 141 Å². The van der Waals surface area contributed by atoms with Gasteiger partial charge in [0.15, 0.2) is 0 Å². The minimum absolute atomic E-state index is 0.165. The van der Waals surface area contributed by atoms with Gasteiger partial charge < -0.3 is 30.0 Å². The molecule has 0 bridgehead atoms. The number of imidazole rings is 1. The fourth-order valence-corrected chi connectivity index (χ4v) is 4.04. The number of hydrogen-bond donors (Lipinski definition) is 3. The molecule has 4 N–H and O–H groups in total. The number of nitrogens with two attached hydrogens (primary N) is 1. The summed E-state index contributed by atoms with van der Waals surface area (Å²) in [5, 5.41) is 12.6. The molecule has 0 spiro atoms. The number of carboxylic acids is 1. The van der Waals surface area contributed by atoms with Crippen LogP contribution >= 0.6 is 11.6 Å². The second-order valence-corrected chi connectivity index (χ2v) is 10.3. The fourth-order valence-electron chi connectivity index (χ4n) is 3.87. The number of carbonyl (C=O) groups is 2. The van der Waals surface area contributed by atoms with E-state index in [0.29, 0.717) is 35.0 Å². The van der Waals surface area contributed by atoms with E-state index in [0.717, 1.165) is 22.5 Å². The number of halogens is 1. The Labute approximate surface area is 232 Å². The van der Waals surface area contributed by atoms with Crippen molar-refractivity contribution in [3.63, 3.8) is 0 Å². The van der Waals surface area contributed by atoms with Gasteiger partial charge in [0, 0.05) is 72.0 Å². The van der Waals surface area contributed by atoms with E-state index < -0.39 is 17.7 Å². The smallest absolute Gasteiger partial charge is 0.407 e. The molecule has 208 valence electrons. The number of amides is 1. The molecular formula is C28H34ClN5O5. The summed E-state index contributed by atoms with van der Waals surface area (Å²) in [6.45, 7) is 7.70. The average molecular weight is 556 g/mol. The lowest BCUT2D eigenvalue weighted by Gasteiger charge is -2.19. The number of aliphatic carboxylic acids is 1. The maximum absolute atomic E-state index is 12.0. The Bertz CT molecular complexity index is 1420. The molecule has 0 saturated heterocycles. The van der Waals surface area contributed by atoms with Gasteiger partial charge in [-0.1, -0.05) is 11.6 Å². The second-order valence-electron chi connectivity index (χ2n) is 9.82. The number of nitrogens with zero attached hydrogens (tertiary/aromatic N) is 3. The maximum Gasteiger partial charge on any atom is 0.407 e. The Kier molecular flexibility index (Phi) is 9.58. The van der Waals surface area contributed by atoms with Crippen LogP contribution in [0.3, 0.4) is 0 Å². The van der Waals surface area contributed by atoms with Crippen molar-refractivity contribution in [3.05, 3.63) is 64.7 Å². The number of ether oxygens (including phenoxy) is 2. The van der Waals surface area contributed by atoms with Gasteiger partial charge in [-0.25, -0.2) is 14.6 Å². The van der Waals surface area contributed by atoms with Crippen molar-refractivity contribution in [3.8, 4) is 16.9 Å². The van der Waals surface area contributed by atoms with Gasteiger partial charge in [0.2, 0.25) is 0 Å². The second kappa shape index (κ2) is 12.7. The molecule has 3 rings (SSSR count). The Morgan fingerprint density at radius 3 is 2.64 bits per heavy atom. The fraction of sp³-hybridized carbons (Fsp3) is 0.357. The van der Waals surface area contributed by atoms with E-state index in [1.807, 2.05) is 49.6 Å². The number of nitrogens with one attached hydrogen (secondary N) is 1. The van der Waals surface area contributed by atoms with Crippen LogP contribution in [0.4, 0.5) is 4.79 Å². The molecular weight excluding hydrogens is 522 g/mol. The van der Waals surface area contributed by atoms with Crippen molar-refractivity contribution in [1.29, 1.82) is 0 Å². The van der Waals surface area contributed by atoms with E-state index in [1.165, 1.54) is 0 Å². The number of carboxylic acid groups (broad SMARTS) is 1. The number of carbonyl (C=O) groups excluding carboxylic acids is 1. The summed E-state index contributed by atoms with van der Waals surface area (Å²) in [7, 11) is 1.58. The Morgan fingerprint density at radius 2 is 1.97 bits per heavy atom. The monoisotopic (exact) mass is 555 g/mol. The minimum Gasteiger partial charge on any atom is -0.493 e. The van der Waals surface area contributed by atoms with E-state index in [4.69, 9.17) is 26.8 Å². The third-order valence-corrected chi connectivity index (χ3v) is 6.06. The van der Waals surface area contributed by atoms with Crippen LogP contribution < -0.4 is 15.8 Å². The molecule has 0 saturated carbocycles.